The number of hydrazone groups is 1. The Balaban J connectivity index is 3.49. The third-order valence-corrected chi connectivity index (χ3v) is 0.705. The Kier molecular flexibility index (Phi) is 3.51. The van der Waals surface area contributed by atoms with Crippen LogP contribution in [-0.2, 0) is 0 Å². The van der Waals surface area contributed by atoms with Crippen LogP contribution in [0, 0.1) is 0 Å². The van der Waals surface area contributed by atoms with Gasteiger partial charge in [-0.3, -0.25) is 5.01 Å². The molecule has 0 rings (SSSR count). The van der Waals surface area contributed by atoms with Crippen molar-refractivity contribution in [1.82, 2.24) is 10.5 Å². The fourth-order valence-corrected chi connectivity index (χ4v) is 0.220. The highest BCUT2D eigenvalue weighted by molar-refractivity contribution is 5.78. The summed E-state index contributed by atoms with van der Waals surface area (Å²) in [6, 6.07) is 0. The first-order valence-electron chi connectivity index (χ1n) is 2.78. The molecule has 3 heteroatoms. The molecule has 0 aliphatic carbocycles. The Morgan fingerprint density at radius 3 is 2.56 bits per heavy atom. The molecule has 3 nitrogen and oxygen atoms in total. The molecule has 0 amide bonds. The molecule has 1 N–H and O–H groups in total. The molecular formula is C6H13N3. The molecule has 0 radical (unpaired) electrons. The Bertz CT molecular complexity index is 113. The minimum absolute atomic E-state index is 0.990. The van der Waals surface area contributed by atoms with Crippen LogP contribution >= 0.6 is 0 Å². The minimum atomic E-state index is 0.990. The molecule has 52 valence electrons. The maximum absolute atomic E-state index is 3.92. The second kappa shape index (κ2) is 3.95. The lowest BCUT2D eigenvalue weighted by molar-refractivity contribution is 0.339. The van der Waals surface area contributed by atoms with Gasteiger partial charge in [0.05, 0.1) is 0 Å². The first kappa shape index (κ1) is 8.01. The Morgan fingerprint density at radius 2 is 2.22 bits per heavy atom. The van der Waals surface area contributed by atoms with Crippen molar-refractivity contribution in [3.8, 4) is 0 Å². The van der Waals surface area contributed by atoms with Crippen LogP contribution < -0.4 is 5.53 Å². The molecule has 0 spiro atoms. The normalized spacial score (nSPS) is 7.89. The van der Waals surface area contributed by atoms with E-state index in [-0.39, 0.29) is 0 Å². The smallest absolute Gasteiger partial charge is 0.0336 e. The van der Waals surface area contributed by atoms with Gasteiger partial charge in [-0.25, -0.2) is 5.53 Å². The maximum atomic E-state index is 3.92. The lowest BCUT2D eigenvalue weighted by Gasteiger charge is -2.10. The second-order valence-corrected chi connectivity index (χ2v) is 1.95. The third kappa shape index (κ3) is 4.87. The number of hydrazine groups is 1. The van der Waals surface area contributed by atoms with Crippen molar-refractivity contribution < 1.29 is 0 Å². The van der Waals surface area contributed by atoms with Crippen molar-refractivity contribution in [2.45, 2.75) is 13.8 Å². The largest absolute Gasteiger partial charge is 0.283 e. The summed E-state index contributed by atoms with van der Waals surface area (Å²) >= 11 is 0. The van der Waals surface area contributed by atoms with Gasteiger partial charge in [-0.15, -0.1) is 0 Å². The molecule has 0 aromatic carbocycles. The fraction of sp³-hybridized carbons (Fsp3) is 0.500. The van der Waals surface area contributed by atoms with Gasteiger partial charge < -0.3 is 0 Å². The van der Waals surface area contributed by atoms with Crippen molar-refractivity contribution >= 4 is 5.71 Å². The molecule has 0 fully saturated rings. The van der Waals surface area contributed by atoms with Gasteiger partial charge in [0.1, 0.15) is 0 Å². The van der Waals surface area contributed by atoms with E-state index in [4.69, 9.17) is 0 Å². The standard InChI is InChI=1S/C6H13N3/c1-5-9(4)8-7-6(2)3/h5,8H,1H2,2-4H3. The van der Waals surface area contributed by atoms with Crippen molar-refractivity contribution in [3.05, 3.63) is 12.8 Å². The zero-order chi connectivity index (χ0) is 7.28. The molecule has 0 aromatic heterocycles. The average Bonchev–Trinajstić information content (AvgIpc) is 1.83. The molecule has 0 aromatic rings. The van der Waals surface area contributed by atoms with Crippen molar-refractivity contribution in [2.24, 2.45) is 5.10 Å². The first-order chi connectivity index (χ1) is 4.16. The van der Waals surface area contributed by atoms with Gasteiger partial charge in [0.2, 0.25) is 0 Å². The first-order valence-corrected chi connectivity index (χ1v) is 2.78. The third-order valence-electron chi connectivity index (χ3n) is 0.705. The SMILES string of the molecule is C=CN(C)NN=C(C)C. The van der Waals surface area contributed by atoms with Crippen molar-refractivity contribution in [3.63, 3.8) is 0 Å². The molecule has 0 unspecified atom stereocenters. The van der Waals surface area contributed by atoms with Gasteiger partial charge in [-0.1, -0.05) is 6.58 Å². The van der Waals surface area contributed by atoms with E-state index in [1.807, 2.05) is 20.9 Å². The van der Waals surface area contributed by atoms with E-state index in [0.29, 0.717) is 0 Å². The van der Waals surface area contributed by atoms with E-state index < -0.39 is 0 Å². The Labute approximate surface area is 56.0 Å². The van der Waals surface area contributed by atoms with E-state index in [9.17, 15) is 0 Å². The summed E-state index contributed by atoms with van der Waals surface area (Å²) < 4.78 is 0. The molecule has 0 heterocycles. The van der Waals surface area contributed by atoms with E-state index in [1.54, 1.807) is 11.2 Å². The highest BCUT2D eigenvalue weighted by atomic mass is 15.6. The molecule has 9 heavy (non-hydrogen) atoms. The number of hydrogen-bond acceptors (Lipinski definition) is 3. The molecule has 0 saturated heterocycles. The van der Waals surface area contributed by atoms with E-state index in [0.717, 1.165) is 5.71 Å². The summed E-state index contributed by atoms with van der Waals surface area (Å²) in [7, 11) is 1.83. The Hall–Kier alpha value is -0.990. The van der Waals surface area contributed by atoms with Crippen LogP contribution in [-0.4, -0.2) is 17.8 Å². The van der Waals surface area contributed by atoms with Gasteiger partial charge in [-0.2, -0.15) is 5.10 Å². The maximum Gasteiger partial charge on any atom is 0.0336 e. The zero-order valence-corrected chi connectivity index (χ0v) is 6.18. The quantitative estimate of drug-likeness (QED) is 0.451. The lowest BCUT2D eigenvalue weighted by atomic mass is 10.5. The van der Waals surface area contributed by atoms with E-state index in [1.165, 1.54) is 0 Å². The van der Waals surface area contributed by atoms with E-state index >= 15 is 0 Å². The van der Waals surface area contributed by atoms with Crippen LogP contribution in [0.4, 0.5) is 0 Å². The summed E-state index contributed by atoms with van der Waals surface area (Å²) in [6.45, 7) is 7.37. The molecule has 0 aliphatic heterocycles. The number of nitrogens with zero attached hydrogens (tertiary/aromatic N) is 2. The van der Waals surface area contributed by atoms with Crippen molar-refractivity contribution in [2.75, 3.05) is 7.05 Å². The molecule has 0 aliphatic rings. The molecule has 0 saturated carbocycles. The van der Waals surface area contributed by atoms with Gasteiger partial charge in [0.25, 0.3) is 0 Å². The predicted octanol–water partition coefficient (Wildman–Crippen LogP) is 0.962. The summed E-state index contributed by atoms with van der Waals surface area (Å²) in [6.07, 6.45) is 1.65. The topological polar surface area (TPSA) is 27.6 Å². The summed E-state index contributed by atoms with van der Waals surface area (Å²) in [5.41, 5.74) is 3.72. The summed E-state index contributed by atoms with van der Waals surface area (Å²) in [5, 5.41) is 5.59. The molecule has 0 atom stereocenters. The van der Waals surface area contributed by atoms with Crippen LogP contribution in [0.3, 0.4) is 0 Å². The zero-order valence-electron chi connectivity index (χ0n) is 6.18. The van der Waals surface area contributed by atoms with Gasteiger partial charge in [-0.05, 0) is 13.8 Å². The summed E-state index contributed by atoms with van der Waals surface area (Å²) in [5.74, 6) is 0. The predicted molar refractivity (Wildman–Crippen MR) is 39.9 cm³/mol. The number of nitrogens with one attached hydrogen (secondary N) is 1. The van der Waals surface area contributed by atoms with Crippen LogP contribution in [0.2, 0.25) is 0 Å². The lowest BCUT2D eigenvalue weighted by Crippen LogP contribution is -2.24. The average molecular weight is 127 g/mol. The second-order valence-electron chi connectivity index (χ2n) is 1.95. The van der Waals surface area contributed by atoms with Crippen LogP contribution in [0.15, 0.2) is 17.9 Å². The Morgan fingerprint density at radius 1 is 1.67 bits per heavy atom. The van der Waals surface area contributed by atoms with Crippen LogP contribution in [0.1, 0.15) is 13.8 Å². The van der Waals surface area contributed by atoms with Crippen molar-refractivity contribution in [1.29, 1.82) is 0 Å². The highest BCUT2D eigenvalue weighted by Crippen LogP contribution is 1.74. The number of hydrogen-bond donors (Lipinski definition) is 1. The van der Waals surface area contributed by atoms with Gasteiger partial charge in [0.15, 0.2) is 0 Å². The number of rotatable bonds is 3. The molecular weight excluding hydrogens is 114 g/mol. The minimum Gasteiger partial charge on any atom is -0.283 e. The van der Waals surface area contributed by atoms with Crippen LogP contribution in [0.5, 0.6) is 0 Å². The van der Waals surface area contributed by atoms with Crippen LogP contribution in [0.25, 0.3) is 0 Å². The summed E-state index contributed by atoms with van der Waals surface area (Å²) in [4.78, 5) is 0. The molecule has 0 bridgehead atoms. The van der Waals surface area contributed by atoms with Gasteiger partial charge >= 0.3 is 0 Å². The van der Waals surface area contributed by atoms with Gasteiger partial charge in [0, 0.05) is 19.0 Å². The van der Waals surface area contributed by atoms with E-state index in [2.05, 4.69) is 17.2 Å². The fourth-order valence-electron chi connectivity index (χ4n) is 0.220. The highest BCUT2D eigenvalue weighted by Gasteiger charge is 1.80. The monoisotopic (exact) mass is 127 g/mol.